The first-order valence-electron chi connectivity index (χ1n) is 13.7. The normalized spacial score (nSPS) is 16.1. The molecule has 0 bridgehead atoms. The summed E-state index contributed by atoms with van der Waals surface area (Å²) in [4.78, 5) is 23.7. The fraction of sp³-hybridized carbons (Fsp3) is 1.00. The van der Waals surface area contributed by atoms with Gasteiger partial charge in [0.1, 0.15) is 0 Å². The largest absolute Gasteiger partial charge is 0.301 e. The van der Waals surface area contributed by atoms with Crippen LogP contribution in [-0.2, 0) is 19.4 Å². The maximum absolute atomic E-state index is 5.96. The highest BCUT2D eigenvalue weighted by atomic mass is 16.7. The number of rotatable bonds is 24. The second-order valence-electron chi connectivity index (χ2n) is 10.6. The quantitative estimate of drug-likeness (QED) is 0.108. The average Bonchev–Trinajstić information content (AvgIpc) is 2.79. The van der Waals surface area contributed by atoms with Gasteiger partial charge in [-0.3, -0.25) is 14.5 Å². The van der Waals surface area contributed by atoms with Crippen LogP contribution in [0.3, 0.4) is 0 Å². The van der Waals surface area contributed by atoms with E-state index in [-0.39, 0.29) is 17.8 Å². The summed E-state index contributed by atoms with van der Waals surface area (Å²) in [5.74, 6) is 0.414. The van der Waals surface area contributed by atoms with Gasteiger partial charge in [0.15, 0.2) is 0 Å². The van der Waals surface area contributed by atoms with Crippen LogP contribution in [0.4, 0.5) is 0 Å². The van der Waals surface area contributed by atoms with Crippen molar-refractivity contribution >= 4 is 0 Å². The number of nitrogens with one attached hydrogen (secondary N) is 4. The highest BCUT2D eigenvalue weighted by Crippen LogP contribution is 2.13. The van der Waals surface area contributed by atoms with Gasteiger partial charge >= 0.3 is 0 Å². The molecule has 0 radical (unpaired) electrons. The molecule has 0 aromatic carbocycles. The van der Waals surface area contributed by atoms with Gasteiger partial charge in [0, 0.05) is 19.6 Å². The molecule has 4 N–H and O–H groups in total. The second-order valence-corrected chi connectivity index (χ2v) is 10.6. The van der Waals surface area contributed by atoms with E-state index in [4.69, 9.17) is 19.4 Å². The molecule has 0 aromatic heterocycles. The molecule has 0 saturated carbocycles. The van der Waals surface area contributed by atoms with Crippen LogP contribution in [0.2, 0.25) is 0 Å². The highest BCUT2D eigenvalue weighted by Gasteiger charge is 2.32. The fourth-order valence-corrected chi connectivity index (χ4v) is 2.86. The predicted octanol–water partition coefficient (Wildman–Crippen LogP) is 5.20. The molecule has 0 aromatic rings. The van der Waals surface area contributed by atoms with Crippen LogP contribution < -0.4 is 21.9 Å². The van der Waals surface area contributed by atoms with Crippen LogP contribution >= 0.6 is 0 Å². The smallest absolute Gasteiger partial charge is 0.0873 e. The van der Waals surface area contributed by atoms with Gasteiger partial charge in [-0.25, -0.2) is 11.0 Å². The summed E-state index contributed by atoms with van der Waals surface area (Å²) < 4.78 is 0. The SMILES string of the molecule is CCCCCCONC(CNOC(C)CCCC)(CNOC(C)C(C)C)CNOC(C)(C)CC. The number of unbranched alkanes of at least 4 members (excludes halogenated alkanes) is 4. The summed E-state index contributed by atoms with van der Waals surface area (Å²) in [6, 6.07) is 0. The maximum atomic E-state index is 5.96. The third kappa shape index (κ3) is 17.2. The van der Waals surface area contributed by atoms with Crippen molar-refractivity contribution in [2.24, 2.45) is 5.92 Å². The van der Waals surface area contributed by atoms with E-state index in [1.165, 1.54) is 19.3 Å². The van der Waals surface area contributed by atoms with Gasteiger partial charge in [-0.15, -0.1) is 0 Å². The molecule has 0 aliphatic heterocycles. The van der Waals surface area contributed by atoms with E-state index in [2.05, 4.69) is 84.2 Å². The molecular weight excluding hydrogens is 432 g/mol. The first kappa shape index (κ1) is 33.7. The summed E-state index contributed by atoms with van der Waals surface area (Å²) in [7, 11) is 0. The second kappa shape index (κ2) is 19.8. The van der Waals surface area contributed by atoms with Crippen molar-refractivity contribution in [2.75, 3.05) is 26.2 Å². The zero-order valence-electron chi connectivity index (χ0n) is 23.9. The van der Waals surface area contributed by atoms with Gasteiger partial charge < -0.3 is 4.84 Å². The van der Waals surface area contributed by atoms with Crippen LogP contribution in [0.5, 0.6) is 0 Å². The van der Waals surface area contributed by atoms with Crippen molar-refractivity contribution in [1.82, 2.24) is 21.9 Å². The van der Waals surface area contributed by atoms with E-state index in [1.807, 2.05) is 0 Å². The van der Waals surface area contributed by atoms with Crippen LogP contribution in [-0.4, -0.2) is 49.6 Å². The minimum atomic E-state index is -0.560. The van der Waals surface area contributed by atoms with Gasteiger partial charge in [0.25, 0.3) is 0 Å². The standard InChI is InChI=1S/C26H58N4O4/c1-10-13-15-16-18-31-30-26(20-28-33-24(7)22(4)5,21-29-34-25(8,9)12-3)19-27-32-23(6)17-14-11-2/h22-24,27-30H,10-21H2,1-9H3. The number of hydrogen-bond acceptors (Lipinski definition) is 8. The zero-order chi connectivity index (χ0) is 25.9. The Morgan fingerprint density at radius 1 is 0.735 bits per heavy atom. The van der Waals surface area contributed by atoms with Crippen LogP contribution in [0.25, 0.3) is 0 Å². The molecule has 8 nitrogen and oxygen atoms in total. The van der Waals surface area contributed by atoms with E-state index < -0.39 is 5.54 Å². The molecule has 8 heteroatoms. The predicted molar refractivity (Wildman–Crippen MR) is 141 cm³/mol. The molecule has 3 unspecified atom stereocenters. The van der Waals surface area contributed by atoms with Crippen LogP contribution in [0, 0.1) is 5.92 Å². The third-order valence-electron chi connectivity index (χ3n) is 6.28. The minimum Gasteiger partial charge on any atom is -0.301 e. The van der Waals surface area contributed by atoms with E-state index in [0.29, 0.717) is 32.2 Å². The molecule has 0 rings (SSSR count). The van der Waals surface area contributed by atoms with Gasteiger partial charge in [-0.1, -0.05) is 66.7 Å². The lowest BCUT2D eigenvalue weighted by Crippen LogP contribution is -2.64. The van der Waals surface area contributed by atoms with E-state index in [0.717, 1.165) is 32.1 Å². The molecule has 0 amide bonds. The van der Waals surface area contributed by atoms with Gasteiger partial charge in [-0.2, -0.15) is 11.0 Å². The summed E-state index contributed by atoms with van der Waals surface area (Å²) in [5, 5.41) is 0. The van der Waals surface area contributed by atoms with Gasteiger partial charge in [-0.05, 0) is 52.9 Å². The van der Waals surface area contributed by atoms with E-state index in [1.54, 1.807) is 0 Å². The van der Waals surface area contributed by atoms with Crippen molar-refractivity contribution in [1.29, 1.82) is 0 Å². The van der Waals surface area contributed by atoms with Crippen molar-refractivity contribution in [2.45, 2.75) is 137 Å². The lowest BCUT2D eigenvalue weighted by molar-refractivity contribution is -0.125. The Bertz CT molecular complexity index is 468. The fourth-order valence-electron chi connectivity index (χ4n) is 2.86. The molecule has 3 atom stereocenters. The number of hydrogen-bond donors (Lipinski definition) is 4. The Balaban J connectivity index is 5.19. The summed E-state index contributed by atoms with van der Waals surface area (Å²) in [5.41, 5.74) is 12.0. The Hall–Kier alpha value is -0.320. The first-order chi connectivity index (χ1) is 16.1. The summed E-state index contributed by atoms with van der Waals surface area (Å²) in [6.07, 6.45) is 9.09. The Morgan fingerprint density at radius 3 is 1.94 bits per heavy atom. The molecule has 0 fully saturated rings. The van der Waals surface area contributed by atoms with Gasteiger partial charge in [0.05, 0.1) is 30.0 Å². The molecule has 34 heavy (non-hydrogen) atoms. The van der Waals surface area contributed by atoms with Crippen molar-refractivity contribution < 1.29 is 19.4 Å². The number of hydroxylamine groups is 4. The molecule has 0 spiro atoms. The Morgan fingerprint density at radius 2 is 1.35 bits per heavy atom. The van der Waals surface area contributed by atoms with E-state index in [9.17, 15) is 0 Å². The zero-order valence-corrected chi connectivity index (χ0v) is 23.9. The lowest BCUT2D eigenvalue weighted by Gasteiger charge is -2.36. The van der Waals surface area contributed by atoms with Crippen LogP contribution in [0.15, 0.2) is 0 Å². The average molecular weight is 491 g/mol. The highest BCUT2D eigenvalue weighted by molar-refractivity contribution is 4.90. The Labute approximate surface area is 210 Å². The monoisotopic (exact) mass is 490 g/mol. The third-order valence-corrected chi connectivity index (χ3v) is 6.28. The van der Waals surface area contributed by atoms with Crippen molar-refractivity contribution in [3.05, 3.63) is 0 Å². The van der Waals surface area contributed by atoms with Crippen molar-refractivity contribution in [3.63, 3.8) is 0 Å². The first-order valence-corrected chi connectivity index (χ1v) is 13.7. The molecular formula is C26H58N4O4. The van der Waals surface area contributed by atoms with Crippen LogP contribution in [0.1, 0.15) is 114 Å². The molecule has 206 valence electrons. The minimum absolute atomic E-state index is 0.0918. The molecule has 0 heterocycles. The summed E-state index contributed by atoms with van der Waals surface area (Å²) in [6.45, 7) is 21.3. The Kier molecular flexibility index (Phi) is 19.6. The molecule has 0 aliphatic rings. The van der Waals surface area contributed by atoms with Crippen molar-refractivity contribution in [3.8, 4) is 0 Å². The molecule has 0 saturated heterocycles. The maximum Gasteiger partial charge on any atom is 0.0873 e. The topological polar surface area (TPSA) is 85.0 Å². The summed E-state index contributed by atoms with van der Waals surface area (Å²) >= 11 is 0. The molecule has 0 aliphatic carbocycles. The van der Waals surface area contributed by atoms with Gasteiger partial charge in [0.2, 0.25) is 0 Å². The van der Waals surface area contributed by atoms with E-state index >= 15 is 0 Å². The lowest BCUT2D eigenvalue weighted by atomic mass is 10.0.